The summed E-state index contributed by atoms with van der Waals surface area (Å²) < 4.78 is 9.08. The number of ether oxygens (including phenoxy) is 1. The lowest BCUT2D eigenvalue weighted by atomic mass is 9.80. The monoisotopic (exact) mass is 833 g/mol. The van der Waals surface area contributed by atoms with Crippen LogP contribution in [0.4, 0.5) is 22.7 Å². The predicted molar refractivity (Wildman–Crippen MR) is 270 cm³/mol. The van der Waals surface area contributed by atoms with E-state index in [1.165, 1.54) is 33.0 Å². The van der Waals surface area contributed by atoms with E-state index in [4.69, 9.17) is 9.72 Å². The van der Waals surface area contributed by atoms with Gasteiger partial charge in [-0.2, -0.15) is 0 Å². The minimum absolute atomic E-state index is 0.0121. The van der Waals surface area contributed by atoms with E-state index < -0.39 is 0 Å². The molecular formula is C58H64N4O. The van der Waals surface area contributed by atoms with E-state index in [9.17, 15) is 0 Å². The first-order valence-electron chi connectivity index (χ1n) is 22.3. The van der Waals surface area contributed by atoms with Crippen LogP contribution in [0.25, 0.3) is 38.8 Å². The van der Waals surface area contributed by atoms with E-state index in [0.29, 0.717) is 0 Å². The molecule has 0 aliphatic carbocycles. The second-order valence-corrected chi connectivity index (χ2v) is 21.3. The Kier molecular flexibility index (Phi) is 11.1. The standard InChI is InChI=1S/C58H64N4O/c1-55(2,3)39-25-28-50-49(34-39)48-27-26-46(37-52(48)62(50)53-35-40(29-30-59-53)56(4,5)6)63-45-22-17-21-44(36-45)61(13)51-24-18-23-47(38-19-15-14-16-20-38)54(51)60-43-32-41(57(7,8)9)31-42(33-43)58(10,11)12/h14-37,60H,1-13H3. The van der Waals surface area contributed by atoms with Crippen molar-refractivity contribution < 1.29 is 4.74 Å². The van der Waals surface area contributed by atoms with Gasteiger partial charge in [-0.25, -0.2) is 4.98 Å². The van der Waals surface area contributed by atoms with Crippen molar-refractivity contribution in [3.63, 3.8) is 0 Å². The van der Waals surface area contributed by atoms with Crippen molar-refractivity contribution in [1.82, 2.24) is 9.55 Å². The summed E-state index contributed by atoms with van der Waals surface area (Å²) in [5, 5.41) is 6.33. The van der Waals surface area contributed by atoms with Gasteiger partial charge in [0.25, 0.3) is 0 Å². The molecule has 0 saturated carbocycles. The van der Waals surface area contributed by atoms with Crippen LogP contribution in [0.3, 0.4) is 0 Å². The SMILES string of the molecule is CN(c1cccc(Oc2ccc3c4cc(C(C)(C)C)ccc4n(-c4cc(C(C)(C)C)ccn4)c3c2)c1)c1cccc(-c2ccccc2)c1Nc1cc(C(C)(C)C)cc(C(C)(C)C)c1. The summed E-state index contributed by atoms with van der Waals surface area (Å²) in [5.41, 5.74) is 13.8. The maximum atomic E-state index is 6.79. The van der Waals surface area contributed by atoms with E-state index in [1.54, 1.807) is 0 Å². The third-order valence-corrected chi connectivity index (χ3v) is 12.3. The van der Waals surface area contributed by atoms with Crippen molar-refractivity contribution in [2.75, 3.05) is 17.3 Å². The predicted octanol–water partition coefficient (Wildman–Crippen LogP) is 16.3. The number of fused-ring (bicyclic) bond motifs is 3. The van der Waals surface area contributed by atoms with Gasteiger partial charge in [-0.1, -0.05) is 144 Å². The molecular weight excluding hydrogens is 769 g/mol. The van der Waals surface area contributed by atoms with E-state index >= 15 is 0 Å². The molecule has 0 radical (unpaired) electrons. The number of nitrogens with zero attached hydrogens (tertiary/aromatic N) is 3. The molecule has 5 nitrogen and oxygen atoms in total. The highest BCUT2D eigenvalue weighted by Gasteiger charge is 2.24. The molecule has 2 heterocycles. The number of hydrogen-bond donors (Lipinski definition) is 1. The lowest BCUT2D eigenvalue weighted by Crippen LogP contribution is -2.17. The second kappa shape index (κ2) is 16.1. The molecule has 1 N–H and O–H groups in total. The molecule has 63 heavy (non-hydrogen) atoms. The molecule has 0 spiro atoms. The Balaban J connectivity index is 1.20. The molecule has 8 rings (SSSR count). The normalized spacial score (nSPS) is 12.5. The van der Waals surface area contributed by atoms with Crippen molar-refractivity contribution in [3.05, 3.63) is 168 Å². The molecule has 0 fully saturated rings. The summed E-state index contributed by atoms with van der Waals surface area (Å²) >= 11 is 0. The highest BCUT2D eigenvalue weighted by molar-refractivity contribution is 6.10. The Hall–Kier alpha value is -6.33. The van der Waals surface area contributed by atoms with Crippen LogP contribution in [0, 0.1) is 0 Å². The Bertz CT molecular complexity index is 2910. The van der Waals surface area contributed by atoms with Gasteiger partial charge in [0.1, 0.15) is 17.3 Å². The average molecular weight is 833 g/mol. The van der Waals surface area contributed by atoms with E-state index in [2.05, 4.69) is 238 Å². The third-order valence-electron chi connectivity index (χ3n) is 12.3. The molecule has 8 aromatic rings. The van der Waals surface area contributed by atoms with Gasteiger partial charge in [-0.15, -0.1) is 0 Å². The van der Waals surface area contributed by atoms with Crippen LogP contribution in [-0.2, 0) is 21.7 Å². The highest BCUT2D eigenvalue weighted by Crippen LogP contribution is 2.43. The first kappa shape index (κ1) is 43.3. The van der Waals surface area contributed by atoms with Gasteiger partial charge < -0.3 is 15.0 Å². The maximum absolute atomic E-state index is 6.79. The fraction of sp³-hybridized carbons (Fsp3) is 0.293. The molecule has 0 aliphatic heterocycles. The molecule has 0 saturated heterocycles. The molecule has 6 aromatic carbocycles. The first-order chi connectivity index (χ1) is 29.6. The van der Waals surface area contributed by atoms with Gasteiger partial charge in [0.05, 0.1) is 22.4 Å². The third kappa shape index (κ3) is 8.97. The van der Waals surface area contributed by atoms with Crippen LogP contribution in [0.5, 0.6) is 11.5 Å². The summed E-state index contributed by atoms with van der Waals surface area (Å²) in [5.74, 6) is 2.41. The van der Waals surface area contributed by atoms with Crippen molar-refractivity contribution in [2.45, 2.75) is 105 Å². The summed E-state index contributed by atoms with van der Waals surface area (Å²) in [6, 6.07) is 50.2. The summed E-state index contributed by atoms with van der Waals surface area (Å²) in [7, 11) is 2.13. The summed E-state index contributed by atoms with van der Waals surface area (Å²) in [4.78, 5) is 7.19. The highest BCUT2D eigenvalue weighted by atomic mass is 16.5. The van der Waals surface area contributed by atoms with Crippen LogP contribution in [0.1, 0.15) is 105 Å². The number of nitrogens with one attached hydrogen (secondary N) is 1. The van der Waals surface area contributed by atoms with Gasteiger partial charge >= 0.3 is 0 Å². The molecule has 0 unspecified atom stereocenters. The molecule has 322 valence electrons. The summed E-state index contributed by atoms with van der Waals surface area (Å²) in [6.45, 7) is 27.3. The van der Waals surface area contributed by atoms with E-state index in [1.807, 2.05) is 12.3 Å². The minimum Gasteiger partial charge on any atom is -0.457 e. The number of anilines is 4. The van der Waals surface area contributed by atoms with E-state index in [-0.39, 0.29) is 21.7 Å². The Morgan fingerprint density at radius 2 is 1.14 bits per heavy atom. The number of aromatic nitrogens is 2. The zero-order valence-corrected chi connectivity index (χ0v) is 39.6. The number of rotatable bonds is 8. The number of hydrogen-bond acceptors (Lipinski definition) is 4. The molecule has 0 amide bonds. The van der Waals surface area contributed by atoms with Crippen LogP contribution >= 0.6 is 0 Å². The molecule has 0 aliphatic rings. The van der Waals surface area contributed by atoms with Gasteiger partial charge in [0.2, 0.25) is 0 Å². The maximum Gasteiger partial charge on any atom is 0.137 e. The lowest BCUT2D eigenvalue weighted by molar-refractivity contribution is 0.483. The Morgan fingerprint density at radius 1 is 0.508 bits per heavy atom. The zero-order valence-electron chi connectivity index (χ0n) is 39.6. The quantitative estimate of drug-likeness (QED) is 0.166. The molecule has 0 atom stereocenters. The van der Waals surface area contributed by atoms with Crippen molar-refractivity contribution in [3.8, 4) is 28.4 Å². The van der Waals surface area contributed by atoms with Crippen LogP contribution < -0.4 is 15.0 Å². The summed E-state index contributed by atoms with van der Waals surface area (Å²) in [6.07, 6.45) is 1.93. The minimum atomic E-state index is -0.0187. The molecule has 2 aromatic heterocycles. The zero-order chi connectivity index (χ0) is 45.1. The topological polar surface area (TPSA) is 42.3 Å². The van der Waals surface area contributed by atoms with Gasteiger partial charge in [0, 0.05) is 53.1 Å². The largest absolute Gasteiger partial charge is 0.457 e. The van der Waals surface area contributed by atoms with Crippen LogP contribution in [0.15, 0.2) is 146 Å². The number of benzene rings is 6. The number of pyridine rings is 1. The Labute approximate surface area is 375 Å². The van der Waals surface area contributed by atoms with E-state index in [0.717, 1.165) is 62.2 Å². The smallest absolute Gasteiger partial charge is 0.137 e. The lowest BCUT2D eigenvalue weighted by Gasteiger charge is -2.28. The molecule has 5 heteroatoms. The van der Waals surface area contributed by atoms with Crippen molar-refractivity contribution in [1.29, 1.82) is 0 Å². The Morgan fingerprint density at radius 3 is 1.81 bits per heavy atom. The fourth-order valence-electron chi connectivity index (χ4n) is 8.33. The van der Waals surface area contributed by atoms with Crippen LogP contribution in [0.2, 0.25) is 0 Å². The first-order valence-corrected chi connectivity index (χ1v) is 22.3. The average Bonchev–Trinajstić information content (AvgIpc) is 3.55. The van der Waals surface area contributed by atoms with Gasteiger partial charge in [-0.05, 0) is 116 Å². The number of para-hydroxylation sites is 1. The second-order valence-electron chi connectivity index (χ2n) is 21.3. The van der Waals surface area contributed by atoms with Crippen molar-refractivity contribution >= 4 is 44.6 Å². The molecule has 0 bridgehead atoms. The van der Waals surface area contributed by atoms with Gasteiger partial charge in [0.15, 0.2) is 0 Å². The van der Waals surface area contributed by atoms with Crippen LogP contribution in [-0.4, -0.2) is 16.6 Å². The van der Waals surface area contributed by atoms with Gasteiger partial charge in [-0.3, -0.25) is 4.57 Å². The fourth-order valence-corrected chi connectivity index (χ4v) is 8.33. The van der Waals surface area contributed by atoms with Crippen molar-refractivity contribution in [2.24, 2.45) is 0 Å².